The van der Waals surface area contributed by atoms with Gasteiger partial charge in [-0.3, -0.25) is 4.79 Å². The number of para-hydroxylation sites is 1. The van der Waals surface area contributed by atoms with Crippen molar-refractivity contribution in [2.75, 3.05) is 52.0 Å². The molecule has 0 aliphatic rings. The first kappa shape index (κ1) is 30.1. The molecular formula is C31H33Cl2N5O3. The molecule has 0 radical (unpaired) electrons. The first-order chi connectivity index (χ1) is 19.7. The van der Waals surface area contributed by atoms with Crippen molar-refractivity contribution >= 4 is 57.1 Å². The van der Waals surface area contributed by atoms with Crippen molar-refractivity contribution in [3.63, 3.8) is 0 Å². The molecule has 0 spiro atoms. The number of hydrogen-bond acceptors (Lipinski definition) is 8. The lowest BCUT2D eigenvalue weighted by Crippen LogP contribution is -2.21. The lowest BCUT2D eigenvalue weighted by molar-refractivity contribution is -0.114. The molecule has 41 heavy (non-hydrogen) atoms. The molecule has 0 aliphatic heterocycles. The van der Waals surface area contributed by atoms with Crippen molar-refractivity contribution in [3.05, 3.63) is 76.4 Å². The number of nitrogens with zero attached hydrogens (tertiary/aromatic N) is 3. The number of carbonyl (C=O) groups is 1. The van der Waals surface area contributed by atoms with E-state index in [0.29, 0.717) is 51.0 Å². The van der Waals surface area contributed by atoms with Crippen molar-refractivity contribution in [3.8, 4) is 22.8 Å². The van der Waals surface area contributed by atoms with Gasteiger partial charge >= 0.3 is 0 Å². The smallest absolute Gasteiger partial charge is 0.159 e. The number of nitrogens with one attached hydrogen (secondary N) is 2. The number of likely N-dealkylation sites (N-methyl/N-ethyl adjacent to an activating group) is 1. The number of rotatable bonds is 12. The van der Waals surface area contributed by atoms with E-state index in [1.165, 1.54) is 20.3 Å². The molecule has 2 N–H and O–H groups in total. The van der Waals surface area contributed by atoms with E-state index in [1.54, 1.807) is 12.3 Å². The molecule has 0 amide bonds. The maximum absolute atomic E-state index is 12.1. The third-order valence-electron chi connectivity index (χ3n) is 6.60. The minimum absolute atomic E-state index is 0.0549. The molecule has 2 aromatic carbocycles. The van der Waals surface area contributed by atoms with Gasteiger partial charge in [-0.25, -0.2) is 9.97 Å². The van der Waals surface area contributed by atoms with Crippen molar-refractivity contribution in [1.29, 1.82) is 0 Å². The predicted molar refractivity (Wildman–Crippen MR) is 169 cm³/mol. The Bertz CT molecular complexity index is 1580. The highest BCUT2D eigenvalue weighted by Gasteiger charge is 2.21. The SMILES string of the molecule is C=CC(=O)Cc1cccc(C)c1Nc1cc2c(NCCN(C)C)nc(-c3c(Cl)c(OC)cc(OC)c3Cl)cc2cn1. The van der Waals surface area contributed by atoms with Gasteiger partial charge in [0.15, 0.2) is 5.78 Å². The molecule has 2 heterocycles. The number of halogens is 2. The molecule has 4 rings (SSSR count). The molecule has 0 atom stereocenters. The fourth-order valence-electron chi connectivity index (χ4n) is 4.43. The Balaban J connectivity index is 1.84. The fourth-order valence-corrected chi connectivity index (χ4v) is 5.12. The molecular weight excluding hydrogens is 561 g/mol. The zero-order chi connectivity index (χ0) is 29.7. The highest BCUT2D eigenvalue weighted by molar-refractivity contribution is 6.41. The highest BCUT2D eigenvalue weighted by Crippen LogP contribution is 2.46. The Morgan fingerprint density at radius 3 is 2.44 bits per heavy atom. The van der Waals surface area contributed by atoms with Crippen LogP contribution in [0.5, 0.6) is 11.5 Å². The summed E-state index contributed by atoms with van der Waals surface area (Å²) in [5.41, 5.74) is 3.74. The number of aromatic nitrogens is 2. The summed E-state index contributed by atoms with van der Waals surface area (Å²) in [5, 5.41) is 9.22. The van der Waals surface area contributed by atoms with Crippen molar-refractivity contribution < 1.29 is 14.3 Å². The third kappa shape index (κ3) is 6.73. The number of benzene rings is 2. The number of pyridine rings is 2. The van der Waals surface area contributed by atoms with Crippen LogP contribution in [-0.2, 0) is 11.2 Å². The van der Waals surface area contributed by atoms with E-state index in [1.807, 2.05) is 51.4 Å². The maximum atomic E-state index is 12.1. The minimum atomic E-state index is -0.0549. The van der Waals surface area contributed by atoms with Gasteiger partial charge in [0.25, 0.3) is 0 Å². The van der Waals surface area contributed by atoms with Crippen LogP contribution >= 0.6 is 23.2 Å². The van der Waals surface area contributed by atoms with E-state index in [2.05, 4.69) is 27.1 Å². The fraction of sp³-hybridized carbons (Fsp3) is 0.258. The van der Waals surface area contributed by atoms with Gasteiger partial charge in [0.05, 0.1) is 30.0 Å². The molecule has 8 nitrogen and oxygen atoms in total. The van der Waals surface area contributed by atoms with Gasteiger partial charge in [-0.15, -0.1) is 0 Å². The predicted octanol–water partition coefficient (Wildman–Crippen LogP) is 6.94. The summed E-state index contributed by atoms with van der Waals surface area (Å²) in [6.07, 6.45) is 3.35. The highest BCUT2D eigenvalue weighted by atomic mass is 35.5. The molecule has 0 saturated carbocycles. The lowest BCUT2D eigenvalue weighted by Gasteiger charge is -2.18. The number of fused-ring (bicyclic) bond motifs is 1. The van der Waals surface area contributed by atoms with Crippen molar-refractivity contribution in [2.24, 2.45) is 0 Å². The molecule has 214 valence electrons. The number of carbonyl (C=O) groups excluding carboxylic acids is 1. The number of hydrogen-bond donors (Lipinski definition) is 2. The van der Waals surface area contributed by atoms with Gasteiger partial charge in [0.2, 0.25) is 0 Å². The Kier molecular flexibility index (Phi) is 9.70. The van der Waals surface area contributed by atoms with Crippen LogP contribution in [0.15, 0.2) is 55.3 Å². The number of methoxy groups -OCH3 is 2. The molecule has 0 saturated heterocycles. The van der Waals surface area contributed by atoms with Crippen LogP contribution < -0.4 is 20.1 Å². The summed E-state index contributed by atoms with van der Waals surface area (Å²) in [7, 11) is 7.08. The molecule has 0 bridgehead atoms. The Hall–Kier alpha value is -3.85. The van der Waals surface area contributed by atoms with Crippen LogP contribution in [0, 0.1) is 6.92 Å². The van der Waals surface area contributed by atoms with E-state index in [-0.39, 0.29) is 12.2 Å². The van der Waals surface area contributed by atoms with Gasteiger partial charge in [-0.2, -0.15) is 0 Å². The standard InChI is InChI=1S/C31H33Cl2N5O3/c1-7-21(39)13-19-10-8-9-18(2)30(19)37-26-15-22-20(17-35-26)14-23(36-31(22)34-11-12-38(3)4)27-28(32)24(40-5)16-25(41-6)29(27)33/h7-10,14-17H,1,11-13H2,2-6H3,(H,34,36)(H,35,37). The Morgan fingerprint density at radius 1 is 1.10 bits per heavy atom. The second-order valence-electron chi connectivity index (χ2n) is 9.74. The van der Waals surface area contributed by atoms with E-state index in [4.69, 9.17) is 37.7 Å². The summed E-state index contributed by atoms with van der Waals surface area (Å²) >= 11 is 13.5. The lowest BCUT2D eigenvalue weighted by atomic mass is 10.0. The van der Waals surface area contributed by atoms with Gasteiger partial charge < -0.3 is 25.0 Å². The van der Waals surface area contributed by atoms with Crippen molar-refractivity contribution in [2.45, 2.75) is 13.3 Å². The van der Waals surface area contributed by atoms with Crippen LogP contribution in [-0.4, -0.2) is 62.1 Å². The summed E-state index contributed by atoms with van der Waals surface area (Å²) < 4.78 is 10.9. The van der Waals surface area contributed by atoms with Crippen LogP contribution in [0.2, 0.25) is 10.0 Å². The summed E-state index contributed by atoms with van der Waals surface area (Å²) in [5.74, 6) is 2.05. The van der Waals surface area contributed by atoms with Crippen LogP contribution in [0.1, 0.15) is 11.1 Å². The third-order valence-corrected chi connectivity index (χ3v) is 7.35. The summed E-state index contributed by atoms with van der Waals surface area (Å²) in [6, 6.07) is 11.3. The number of ketones is 1. The first-order valence-corrected chi connectivity index (χ1v) is 13.7. The summed E-state index contributed by atoms with van der Waals surface area (Å²) in [6.45, 7) is 7.04. The molecule has 0 unspecified atom stereocenters. The second kappa shape index (κ2) is 13.2. The van der Waals surface area contributed by atoms with Gasteiger partial charge in [0.1, 0.15) is 23.1 Å². The van der Waals surface area contributed by atoms with Crippen LogP contribution in [0.4, 0.5) is 17.3 Å². The maximum Gasteiger partial charge on any atom is 0.159 e. The number of aryl methyl sites for hydroxylation is 1. The second-order valence-corrected chi connectivity index (χ2v) is 10.5. The molecule has 2 aromatic heterocycles. The quantitative estimate of drug-likeness (QED) is 0.171. The summed E-state index contributed by atoms with van der Waals surface area (Å²) in [4.78, 5) is 23.8. The normalized spacial score (nSPS) is 11.0. The topological polar surface area (TPSA) is 88.6 Å². The number of allylic oxidation sites excluding steroid dienone is 1. The largest absolute Gasteiger partial charge is 0.495 e. The zero-order valence-electron chi connectivity index (χ0n) is 23.8. The molecule has 4 aromatic rings. The Morgan fingerprint density at radius 2 is 1.80 bits per heavy atom. The van der Waals surface area contributed by atoms with E-state index < -0.39 is 0 Å². The van der Waals surface area contributed by atoms with Crippen molar-refractivity contribution in [1.82, 2.24) is 14.9 Å². The van der Waals surface area contributed by atoms with Crippen LogP contribution in [0.3, 0.4) is 0 Å². The monoisotopic (exact) mass is 593 g/mol. The van der Waals surface area contributed by atoms with Gasteiger partial charge in [-0.1, -0.05) is 48.0 Å². The molecule has 0 aliphatic carbocycles. The van der Waals surface area contributed by atoms with Gasteiger partial charge in [0, 0.05) is 53.8 Å². The van der Waals surface area contributed by atoms with E-state index in [9.17, 15) is 4.79 Å². The Labute approximate surface area is 250 Å². The molecule has 10 heteroatoms. The number of anilines is 3. The zero-order valence-corrected chi connectivity index (χ0v) is 25.3. The average molecular weight is 595 g/mol. The molecule has 0 fully saturated rings. The van der Waals surface area contributed by atoms with E-state index in [0.717, 1.165) is 34.1 Å². The minimum Gasteiger partial charge on any atom is -0.495 e. The first-order valence-electron chi connectivity index (χ1n) is 13.0. The van der Waals surface area contributed by atoms with E-state index >= 15 is 0 Å². The van der Waals surface area contributed by atoms with Crippen LogP contribution in [0.25, 0.3) is 22.0 Å². The average Bonchev–Trinajstić information content (AvgIpc) is 2.95. The number of ether oxygens (including phenoxy) is 2. The van der Waals surface area contributed by atoms with Gasteiger partial charge in [-0.05, 0) is 50.4 Å².